The molecular weight excluding hydrogens is 340 g/mol. The van der Waals surface area contributed by atoms with E-state index in [0.717, 1.165) is 23.3 Å². The van der Waals surface area contributed by atoms with Gasteiger partial charge in [-0.3, -0.25) is 0 Å². The molecule has 0 atom stereocenters. The topological polar surface area (TPSA) is 3.24 Å². The predicted molar refractivity (Wildman–Crippen MR) is 102 cm³/mol. The van der Waals surface area contributed by atoms with Crippen LogP contribution < -0.4 is 0 Å². The summed E-state index contributed by atoms with van der Waals surface area (Å²) in [6, 6.07) is 11.7. The van der Waals surface area contributed by atoms with Gasteiger partial charge in [-0.1, -0.05) is 68.4 Å². The Bertz CT molecular complexity index is 815. The molecule has 25 heavy (non-hydrogen) atoms. The quantitative estimate of drug-likeness (QED) is 0.589. The number of hydrogen-bond donors (Lipinski definition) is 0. The van der Waals surface area contributed by atoms with Gasteiger partial charge in [-0.25, -0.2) is 8.78 Å². The van der Waals surface area contributed by atoms with E-state index in [9.17, 15) is 8.78 Å². The van der Waals surface area contributed by atoms with Gasteiger partial charge in [-0.2, -0.15) is 0 Å². The van der Waals surface area contributed by atoms with Crippen molar-refractivity contribution in [3.8, 4) is 0 Å². The van der Waals surface area contributed by atoms with Crippen LogP contribution in [-0.2, 0) is 0 Å². The molecule has 4 heteroatoms. The third-order valence-corrected chi connectivity index (χ3v) is 4.01. The van der Waals surface area contributed by atoms with Gasteiger partial charge in [-0.15, -0.1) is 0 Å². The second kappa shape index (κ2) is 8.13. The first-order valence-corrected chi connectivity index (χ1v) is 8.42. The zero-order valence-electron chi connectivity index (χ0n) is 14.5. The van der Waals surface area contributed by atoms with Gasteiger partial charge in [0.1, 0.15) is 11.6 Å². The van der Waals surface area contributed by atoms with Gasteiger partial charge in [0.2, 0.25) is 0 Å². The average Bonchev–Trinajstić information content (AvgIpc) is 2.60. The van der Waals surface area contributed by atoms with Crippen LogP contribution in [0.1, 0.15) is 25.0 Å². The fourth-order valence-corrected chi connectivity index (χ4v) is 2.81. The molecule has 1 aliphatic heterocycles. The Hall–Kier alpha value is -2.39. The van der Waals surface area contributed by atoms with Crippen LogP contribution >= 0.6 is 11.6 Å². The molecule has 0 fully saturated rings. The Kier molecular flexibility index (Phi) is 6.16. The summed E-state index contributed by atoms with van der Waals surface area (Å²) in [4.78, 5) is 1.68. The Balaban J connectivity index is 0.00000109. The molecule has 2 aromatic rings. The molecule has 2 aromatic carbocycles. The second-order valence-corrected chi connectivity index (χ2v) is 5.69. The van der Waals surface area contributed by atoms with Crippen LogP contribution in [0.2, 0.25) is 5.02 Å². The van der Waals surface area contributed by atoms with Gasteiger partial charge in [0.15, 0.2) is 0 Å². The molecule has 0 spiro atoms. The number of benzene rings is 2. The monoisotopic (exact) mass is 359 g/mol. The van der Waals surface area contributed by atoms with E-state index in [0.29, 0.717) is 11.4 Å². The molecule has 0 aliphatic carbocycles. The van der Waals surface area contributed by atoms with Crippen molar-refractivity contribution >= 4 is 22.9 Å². The zero-order chi connectivity index (χ0) is 18.6. The van der Waals surface area contributed by atoms with E-state index < -0.39 is 11.6 Å². The van der Waals surface area contributed by atoms with Crippen LogP contribution in [0.25, 0.3) is 11.3 Å². The normalized spacial score (nSPS) is 13.7. The van der Waals surface area contributed by atoms with E-state index in [1.165, 1.54) is 0 Å². The number of nitrogens with zero attached hydrogens (tertiary/aromatic N) is 1. The van der Waals surface area contributed by atoms with E-state index in [-0.39, 0.29) is 10.6 Å². The van der Waals surface area contributed by atoms with Crippen LogP contribution in [-0.4, -0.2) is 11.9 Å². The molecule has 1 aliphatic rings. The van der Waals surface area contributed by atoms with E-state index >= 15 is 0 Å². The largest absolute Gasteiger partial charge is 0.344 e. The maximum atomic E-state index is 14.4. The Morgan fingerprint density at radius 3 is 2.08 bits per heavy atom. The molecule has 1 heterocycles. The van der Waals surface area contributed by atoms with Crippen molar-refractivity contribution in [2.75, 3.05) is 7.05 Å². The van der Waals surface area contributed by atoms with Crippen LogP contribution in [0.4, 0.5) is 8.78 Å². The summed E-state index contributed by atoms with van der Waals surface area (Å²) in [5.74, 6) is -1.40. The fraction of sp³-hybridized carbons (Fsp3) is 0.143. The Morgan fingerprint density at radius 2 is 1.52 bits per heavy atom. The van der Waals surface area contributed by atoms with Crippen LogP contribution in [0.3, 0.4) is 0 Å². The molecular formula is C21H20ClF2N. The highest BCUT2D eigenvalue weighted by Gasteiger charge is 2.25. The lowest BCUT2D eigenvalue weighted by atomic mass is 9.94. The van der Waals surface area contributed by atoms with E-state index in [1.807, 2.05) is 56.3 Å². The van der Waals surface area contributed by atoms with Crippen molar-refractivity contribution in [1.82, 2.24) is 4.90 Å². The molecule has 130 valence electrons. The SMILES string of the molecule is C=C1C=CC(c2ccccc2)=C(c2c(F)cc(Cl)cc2F)N1C.CC. The molecule has 0 N–H and O–H groups in total. The maximum absolute atomic E-state index is 14.4. The molecule has 1 nitrogen and oxygen atoms in total. The molecule has 0 amide bonds. The standard InChI is InChI=1S/C19H14ClF2N.C2H6/c1-12-8-9-15(13-6-4-3-5-7-13)19(23(12)2)18-16(21)10-14(20)11-17(18)22;1-2/h3-11H,1H2,2H3;1-2H3. The van der Waals surface area contributed by atoms with Gasteiger partial charge < -0.3 is 4.90 Å². The molecule has 0 unspecified atom stereocenters. The van der Waals surface area contributed by atoms with Crippen molar-refractivity contribution in [3.05, 3.63) is 94.7 Å². The summed E-state index contributed by atoms with van der Waals surface area (Å²) < 4.78 is 28.9. The maximum Gasteiger partial charge on any atom is 0.136 e. The summed E-state index contributed by atoms with van der Waals surface area (Å²) in [7, 11) is 1.73. The van der Waals surface area contributed by atoms with E-state index in [2.05, 4.69) is 6.58 Å². The second-order valence-electron chi connectivity index (χ2n) is 5.26. The van der Waals surface area contributed by atoms with Gasteiger partial charge in [0.05, 0.1) is 11.3 Å². The van der Waals surface area contributed by atoms with Crippen LogP contribution in [0.15, 0.2) is 66.9 Å². The van der Waals surface area contributed by atoms with Crippen molar-refractivity contribution < 1.29 is 8.78 Å². The summed E-state index contributed by atoms with van der Waals surface area (Å²) in [5.41, 5.74) is 2.55. The number of halogens is 3. The summed E-state index contributed by atoms with van der Waals surface area (Å²) in [5, 5.41) is 0.0263. The Labute approximate surface area is 152 Å². The first kappa shape index (κ1) is 18.9. The lowest BCUT2D eigenvalue weighted by Gasteiger charge is -2.30. The number of likely N-dealkylation sites (N-methyl/N-ethyl adjacent to an activating group) is 1. The predicted octanol–water partition coefficient (Wildman–Crippen LogP) is 6.53. The van der Waals surface area contributed by atoms with Crippen molar-refractivity contribution in [1.29, 1.82) is 0 Å². The summed E-state index contributed by atoms with van der Waals surface area (Å²) in [6.45, 7) is 7.91. The van der Waals surface area contributed by atoms with Crippen molar-refractivity contribution in [2.24, 2.45) is 0 Å². The summed E-state index contributed by atoms with van der Waals surface area (Å²) >= 11 is 5.74. The highest BCUT2D eigenvalue weighted by Crippen LogP contribution is 2.38. The average molecular weight is 360 g/mol. The molecule has 3 rings (SSSR count). The van der Waals surface area contributed by atoms with Crippen molar-refractivity contribution in [2.45, 2.75) is 13.8 Å². The Morgan fingerprint density at radius 1 is 0.960 bits per heavy atom. The van der Waals surface area contributed by atoms with Gasteiger partial charge >= 0.3 is 0 Å². The van der Waals surface area contributed by atoms with Gasteiger partial charge in [0, 0.05) is 23.3 Å². The number of allylic oxidation sites excluding steroid dienone is 3. The first-order valence-electron chi connectivity index (χ1n) is 8.04. The fourth-order valence-electron chi connectivity index (χ4n) is 2.62. The zero-order valence-corrected chi connectivity index (χ0v) is 15.2. The molecule has 0 aromatic heterocycles. The van der Waals surface area contributed by atoms with Crippen LogP contribution in [0, 0.1) is 11.6 Å². The lowest BCUT2D eigenvalue weighted by Crippen LogP contribution is -2.20. The van der Waals surface area contributed by atoms with Gasteiger partial charge in [0.25, 0.3) is 0 Å². The molecule has 0 saturated heterocycles. The molecule has 0 bridgehead atoms. The minimum atomic E-state index is -0.701. The van der Waals surface area contributed by atoms with Crippen molar-refractivity contribution in [3.63, 3.8) is 0 Å². The minimum Gasteiger partial charge on any atom is -0.344 e. The van der Waals surface area contributed by atoms with E-state index in [4.69, 9.17) is 11.6 Å². The highest BCUT2D eigenvalue weighted by atomic mass is 35.5. The first-order chi connectivity index (χ1) is 12.0. The number of hydrogen-bond acceptors (Lipinski definition) is 1. The van der Waals surface area contributed by atoms with Gasteiger partial charge in [-0.05, 0) is 23.8 Å². The van der Waals surface area contributed by atoms with Crippen LogP contribution in [0.5, 0.6) is 0 Å². The molecule has 0 saturated carbocycles. The number of rotatable bonds is 2. The molecule has 0 radical (unpaired) electrons. The minimum absolute atomic E-state index is 0.0263. The third-order valence-electron chi connectivity index (χ3n) is 3.79. The smallest absolute Gasteiger partial charge is 0.136 e. The van der Waals surface area contributed by atoms with E-state index in [1.54, 1.807) is 11.9 Å². The highest BCUT2D eigenvalue weighted by molar-refractivity contribution is 6.30. The lowest BCUT2D eigenvalue weighted by molar-refractivity contribution is 0.551. The summed E-state index contributed by atoms with van der Waals surface area (Å²) in [6.07, 6.45) is 3.64. The third kappa shape index (κ3) is 3.83.